The summed E-state index contributed by atoms with van der Waals surface area (Å²) in [6, 6.07) is 6.37. The molecule has 1 atom stereocenters. The van der Waals surface area contributed by atoms with Gasteiger partial charge >= 0.3 is 12.0 Å². The lowest BCUT2D eigenvalue weighted by Crippen LogP contribution is -2.36. The van der Waals surface area contributed by atoms with Gasteiger partial charge in [-0.05, 0) is 25.1 Å². The van der Waals surface area contributed by atoms with Crippen LogP contribution in [0, 0.1) is 15.5 Å². The summed E-state index contributed by atoms with van der Waals surface area (Å²) in [6.07, 6.45) is 0. The molecule has 2 aliphatic heterocycles. The summed E-state index contributed by atoms with van der Waals surface area (Å²) in [7, 11) is 0. The monoisotopic (exact) mass is 321 g/mol. The number of carbonyl (C=O) groups is 1. The molecule has 2 bridgehead atoms. The summed E-state index contributed by atoms with van der Waals surface area (Å²) in [5, 5.41) is 19.1. The normalized spacial score (nSPS) is 11.3. The Kier molecular flexibility index (Phi) is 7.56. The van der Waals surface area contributed by atoms with E-state index in [0.29, 0.717) is 0 Å². The van der Waals surface area contributed by atoms with Gasteiger partial charge in [0.25, 0.3) is 0 Å². The molecule has 20 heavy (non-hydrogen) atoms. The summed E-state index contributed by atoms with van der Waals surface area (Å²) >= 11 is 5.01. The van der Waals surface area contributed by atoms with Crippen LogP contribution in [0.4, 0.5) is 11.4 Å². The first kappa shape index (κ1) is 18.1. The Balaban J connectivity index is 0.000000378. The molecule has 0 saturated carbocycles. The third kappa shape index (κ3) is 5.02. The highest BCUT2D eigenvalue weighted by Gasteiger charge is 2.35. The van der Waals surface area contributed by atoms with E-state index in [2.05, 4.69) is 16.1 Å². The lowest BCUT2D eigenvalue weighted by Gasteiger charge is -2.15. The highest BCUT2D eigenvalue weighted by Crippen LogP contribution is 2.27. The zero-order chi connectivity index (χ0) is 14.4. The summed E-state index contributed by atoms with van der Waals surface area (Å²) < 4.78 is 4.32. The quantitative estimate of drug-likeness (QED) is 0.389. The maximum absolute atomic E-state index is 10.7. The number of hydrogen-bond donors (Lipinski definition) is 2. The van der Waals surface area contributed by atoms with Gasteiger partial charge in [-0.1, -0.05) is 17.7 Å². The number of nitrogens with one attached hydrogen (secondary N) is 2. The van der Waals surface area contributed by atoms with Crippen LogP contribution in [0.15, 0.2) is 24.3 Å². The highest BCUT2D eigenvalue weighted by molar-refractivity contribution is 6.67. The molecule has 7 nitrogen and oxygen atoms in total. The van der Waals surface area contributed by atoms with Gasteiger partial charge < -0.3 is 10.1 Å². The number of esters is 1. The Morgan fingerprint density at radius 3 is 2.25 bits per heavy atom. The van der Waals surface area contributed by atoms with E-state index in [4.69, 9.17) is 17.0 Å². The van der Waals surface area contributed by atoms with Crippen molar-refractivity contribution in [2.75, 3.05) is 11.9 Å². The van der Waals surface area contributed by atoms with E-state index >= 15 is 0 Å². The first-order chi connectivity index (χ1) is 8.95. The molecule has 1 aromatic carbocycles. The Morgan fingerprint density at radius 2 is 2.05 bits per heavy atom. The van der Waals surface area contributed by atoms with Crippen molar-refractivity contribution in [1.29, 1.82) is 5.41 Å². The molecule has 0 spiro atoms. The van der Waals surface area contributed by atoms with E-state index in [1.807, 2.05) is 18.2 Å². The van der Waals surface area contributed by atoms with E-state index in [9.17, 15) is 14.9 Å². The van der Waals surface area contributed by atoms with Crippen molar-refractivity contribution in [2.24, 2.45) is 0 Å². The third-order valence-corrected chi connectivity index (χ3v) is 2.32. The summed E-state index contributed by atoms with van der Waals surface area (Å²) in [5.41, 5.74) is 2.47. The molecular weight excluding hydrogens is 309 g/mol. The fourth-order valence-corrected chi connectivity index (χ4v) is 1.44. The average molecular weight is 322 g/mol. The number of nitrogens with zero attached hydrogens (tertiary/aromatic N) is 1. The minimum Gasteiger partial charge on any atom is -0.461 e. The molecule has 1 unspecified atom stereocenters. The topological polar surface area (TPSA) is 105 Å². The molecule has 2 N–H and O–H groups in total. The van der Waals surface area contributed by atoms with Crippen molar-refractivity contribution in [3.8, 4) is 0 Å². The van der Waals surface area contributed by atoms with Crippen LogP contribution in [-0.2, 0) is 9.53 Å². The van der Waals surface area contributed by atoms with Crippen molar-refractivity contribution in [1.82, 2.24) is 0 Å². The Hall–Kier alpha value is -1.86. The van der Waals surface area contributed by atoms with Gasteiger partial charge in [0.05, 0.1) is 6.61 Å². The Labute approximate surface area is 126 Å². The van der Waals surface area contributed by atoms with Crippen molar-refractivity contribution >= 4 is 46.5 Å². The van der Waals surface area contributed by atoms with E-state index in [1.54, 1.807) is 0 Å². The molecule has 0 aliphatic carbocycles. The lowest BCUT2D eigenvalue weighted by molar-refractivity contribution is -0.491. The van der Waals surface area contributed by atoms with Crippen LogP contribution in [-0.4, -0.2) is 28.7 Å². The van der Waals surface area contributed by atoms with Gasteiger partial charge in [0.15, 0.2) is 5.17 Å². The predicted molar refractivity (Wildman–Crippen MR) is 78.0 cm³/mol. The fraction of sp³-hybridized carbons (Fsp3) is 0.273. The van der Waals surface area contributed by atoms with Crippen LogP contribution in [0.3, 0.4) is 0 Å². The van der Waals surface area contributed by atoms with Gasteiger partial charge in [0, 0.05) is 16.3 Å². The number of anilines is 2. The van der Waals surface area contributed by atoms with Crippen molar-refractivity contribution in [2.45, 2.75) is 13.0 Å². The standard InChI is InChI=1S/C6H5N.C5H7ClN2O4.ClH/c1-2-5-4-6(3-1)7-5;1-2-12-5(9)3(4(6)7)8(10)11;/h1-4,7H;3,7H,2H2,1H3;1H. The first-order valence-corrected chi connectivity index (χ1v) is 5.74. The first-order valence-electron chi connectivity index (χ1n) is 5.37. The van der Waals surface area contributed by atoms with Crippen molar-refractivity contribution in [3.63, 3.8) is 0 Å². The second-order valence-electron chi connectivity index (χ2n) is 3.49. The second-order valence-corrected chi connectivity index (χ2v) is 3.90. The maximum Gasteiger partial charge on any atom is 0.389 e. The van der Waals surface area contributed by atoms with E-state index < -0.39 is 22.1 Å². The molecule has 0 fully saturated rings. The van der Waals surface area contributed by atoms with Crippen LogP contribution in [0.2, 0.25) is 0 Å². The maximum atomic E-state index is 10.7. The zero-order valence-corrected chi connectivity index (χ0v) is 12.0. The largest absolute Gasteiger partial charge is 0.461 e. The molecule has 110 valence electrons. The molecule has 3 rings (SSSR count). The summed E-state index contributed by atoms with van der Waals surface area (Å²) in [4.78, 5) is 19.9. The molecule has 0 aromatic heterocycles. The van der Waals surface area contributed by atoms with Gasteiger partial charge in [-0.25, -0.2) is 4.79 Å². The molecule has 2 aliphatic rings. The van der Waals surface area contributed by atoms with E-state index in [1.165, 1.54) is 18.3 Å². The van der Waals surface area contributed by atoms with Gasteiger partial charge in [-0.15, -0.1) is 12.4 Å². The number of halogens is 2. The van der Waals surface area contributed by atoms with E-state index in [0.717, 1.165) is 0 Å². The number of hydrogen-bond acceptors (Lipinski definition) is 6. The molecule has 1 aromatic rings. The van der Waals surface area contributed by atoms with Crippen LogP contribution in [0.5, 0.6) is 0 Å². The predicted octanol–water partition coefficient (Wildman–Crippen LogP) is 2.58. The van der Waals surface area contributed by atoms with Crippen molar-refractivity contribution in [3.05, 3.63) is 34.4 Å². The van der Waals surface area contributed by atoms with Gasteiger partial charge in [-0.2, -0.15) is 0 Å². The minimum absolute atomic E-state index is 0. The molecule has 9 heteroatoms. The molecule has 0 amide bonds. The van der Waals surface area contributed by atoms with Crippen LogP contribution < -0.4 is 5.32 Å². The lowest BCUT2D eigenvalue weighted by atomic mass is 10.2. The number of fused-ring (bicyclic) bond motifs is 2. The summed E-state index contributed by atoms with van der Waals surface area (Å²) in [6.45, 7) is 1.53. The van der Waals surface area contributed by atoms with Gasteiger partial charge in [0.1, 0.15) is 0 Å². The number of benzene rings is 1. The van der Waals surface area contributed by atoms with Crippen molar-refractivity contribution < 1.29 is 14.5 Å². The SMILES string of the molecule is CCOC(=O)C(C(=N)Cl)[N+](=O)[O-].Cl.c1cc2cc(c1)N2. The van der Waals surface area contributed by atoms with Gasteiger partial charge in [0.2, 0.25) is 0 Å². The van der Waals surface area contributed by atoms with Crippen LogP contribution in [0.1, 0.15) is 6.92 Å². The van der Waals surface area contributed by atoms with Gasteiger partial charge in [-0.3, -0.25) is 15.5 Å². The molecule has 0 saturated heterocycles. The number of ether oxygens (including phenoxy) is 1. The number of nitro groups is 1. The average Bonchev–Trinajstić information content (AvgIpc) is 2.29. The van der Waals surface area contributed by atoms with Crippen LogP contribution >= 0.6 is 24.0 Å². The number of rotatable bonds is 4. The second kappa shape index (κ2) is 8.34. The zero-order valence-electron chi connectivity index (χ0n) is 10.5. The smallest absolute Gasteiger partial charge is 0.389 e. The molecule has 2 heterocycles. The highest BCUT2D eigenvalue weighted by atomic mass is 35.5. The fourth-order valence-electron chi connectivity index (χ4n) is 1.27. The third-order valence-electron chi connectivity index (χ3n) is 2.11. The molecular formula is C11H13Cl2N3O4. The van der Waals surface area contributed by atoms with E-state index in [-0.39, 0.29) is 19.0 Å². The minimum atomic E-state index is -1.88. The Morgan fingerprint density at radius 1 is 1.55 bits per heavy atom. The Bertz CT molecular complexity index is 471. The molecule has 0 radical (unpaired) electrons. The summed E-state index contributed by atoms with van der Waals surface area (Å²) in [5.74, 6) is -1.11. The number of carbonyl (C=O) groups excluding carboxylic acids is 1. The van der Waals surface area contributed by atoms with Crippen LogP contribution in [0.25, 0.3) is 0 Å².